The van der Waals surface area contributed by atoms with Gasteiger partial charge in [-0.1, -0.05) is 11.6 Å². The summed E-state index contributed by atoms with van der Waals surface area (Å²) in [5.41, 5.74) is 3.00. The van der Waals surface area contributed by atoms with Gasteiger partial charge in [-0.3, -0.25) is 0 Å². The van der Waals surface area contributed by atoms with Gasteiger partial charge in [-0.15, -0.1) is 22.7 Å². The van der Waals surface area contributed by atoms with Crippen LogP contribution in [0.3, 0.4) is 0 Å². The molecule has 3 rings (SSSR count). The molecule has 0 spiro atoms. The second-order valence-corrected chi connectivity index (χ2v) is 6.83. The summed E-state index contributed by atoms with van der Waals surface area (Å²) in [6.45, 7) is 2.01. The van der Waals surface area contributed by atoms with Crippen molar-refractivity contribution in [2.45, 2.75) is 13.3 Å². The first-order valence-electron chi connectivity index (χ1n) is 6.35. The van der Waals surface area contributed by atoms with E-state index in [0.29, 0.717) is 10.8 Å². The second-order valence-electron chi connectivity index (χ2n) is 4.54. The van der Waals surface area contributed by atoms with E-state index in [4.69, 9.17) is 16.3 Å². The molecule has 0 saturated heterocycles. The summed E-state index contributed by atoms with van der Waals surface area (Å²) in [7, 11) is 1.61. The third-order valence-electron chi connectivity index (χ3n) is 2.97. The lowest BCUT2D eigenvalue weighted by Gasteiger charge is -2.04. The molecule has 6 heteroatoms. The van der Waals surface area contributed by atoms with Crippen molar-refractivity contribution in [1.82, 2.24) is 9.97 Å². The lowest BCUT2D eigenvalue weighted by Crippen LogP contribution is -1.88. The van der Waals surface area contributed by atoms with Gasteiger partial charge in [0.1, 0.15) is 10.8 Å². The van der Waals surface area contributed by atoms with Crippen LogP contribution >= 0.6 is 34.3 Å². The fourth-order valence-corrected chi connectivity index (χ4v) is 3.90. The van der Waals surface area contributed by atoms with Crippen LogP contribution in [-0.4, -0.2) is 17.1 Å². The quantitative estimate of drug-likeness (QED) is 0.684. The topological polar surface area (TPSA) is 35.0 Å². The first-order valence-corrected chi connectivity index (χ1v) is 8.49. The molecule has 1 aromatic carbocycles. The Bertz CT molecular complexity index is 767. The van der Waals surface area contributed by atoms with Crippen LogP contribution in [0.4, 0.5) is 0 Å². The highest BCUT2D eigenvalue weighted by molar-refractivity contribution is 7.11. The van der Waals surface area contributed by atoms with Gasteiger partial charge in [0.2, 0.25) is 0 Å². The summed E-state index contributed by atoms with van der Waals surface area (Å²) >= 11 is 9.48. The summed E-state index contributed by atoms with van der Waals surface area (Å²) in [5.74, 6) is 0.675. The molecule has 0 bridgehead atoms. The number of thiazole rings is 2. The van der Waals surface area contributed by atoms with Gasteiger partial charge in [-0.25, -0.2) is 9.97 Å². The van der Waals surface area contributed by atoms with Crippen LogP contribution in [-0.2, 0) is 6.42 Å². The summed E-state index contributed by atoms with van der Waals surface area (Å²) < 4.78 is 5.17. The summed E-state index contributed by atoms with van der Waals surface area (Å²) in [6.07, 6.45) is 0.785. The Kier molecular flexibility index (Phi) is 4.24. The zero-order valence-corrected chi connectivity index (χ0v) is 14.0. The van der Waals surface area contributed by atoms with Gasteiger partial charge >= 0.3 is 0 Å². The molecular formula is C15H13ClN2OS2. The predicted octanol–water partition coefficient (Wildman–Crippen LogP) is 4.83. The van der Waals surface area contributed by atoms with Gasteiger partial charge in [0.15, 0.2) is 0 Å². The SMILES string of the molecule is COc1ccc(-c2csc(Cc3nc(C)cs3)n2)cc1Cl. The van der Waals surface area contributed by atoms with Crippen LogP contribution in [0.1, 0.15) is 15.7 Å². The lowest BCUT2D eigenvalue weighted by atomic mass is 10.2. The highest BCUT2D eigenvalue weighted by atomic mass is 35.5. The zero-order chi connectivity index (χ0) is 14.8. The van der Waals surface area contributed by atoms with Crippen LogP contribution in [0.2, 0.25) is 5.02 Å². The van der Waals surface area contributed by atoms with Crippen LogP contribution in [0, 0.1) is 6.92 Å². The van der Waals surface area contributed by atoms with E-state index in [9.17, 15) is 0 Å². The van der Waals surface area contributed by atoms with E-state index in [0.717, 1.165) is 33.4 Å². The fraction of sp³-hybridized carbons (Fsp3) is 0.200. The van der Waals surface area contributed by atoms with Crippen LogP contribution in [0.15, 0.2) is 29.0 Å². The minimum atomic E-state index is 0.597. The summed E-state index contributed by atoms with van der Waals surface area (Å²) in [4.78, 5) is 9.14. The van der Waals surface area contributed by atoms with E-state index >= 15 is 0 Å². The van der Waals surface area contributed by atoms with Crippen LogP contribution < -0.4 is 4.74 Å². The van der Waals surface area contributed by atoms with Gasteiger partial charge in [-0.2, -0.15) is 0 Å². The van der Waals surface area contributed by atoms with E-state index in [1.165, 1.54) is 0 Å². The largest absolute Gasteiger partial charge is 0.495 e. The normalized spacial score (nSPS) is 10.8. The Hall–Kier alpha value is -1.43. The number of aryl methyl sites for hydroxylation is 1. The second kappa shape index (κ2) is 6.13. The Labute approximate surface area is 136 Å². The molecule has 0 N–H and O–H groups in total. The van der Waals surface area contributed by atoms with Gasteiger partial charge < -0.3 is 4.74 Å². The van der Waals surface area contributed by atoms with E-state index in [1.807, 2.05) is 30.5 Å². The van der Waals surface area contributed by atoms with E-state index in [-0.39, 0.29) is 0 Å². The number of ether oxygens (including phenoxy) is 1. The molecule has 0 amide bonds. The number of aromatic nitrogens is 2. The standard InChI is InChI=1S/C15H13ClN2OS2/c1-9-7-20-14(17-9)6-15-18-12(8-21-15)10-3-4-13(19-2)11(16)5-10/h3-5,7-8H,6H2,1-2H3. The van der Waals surface area contributed by atoms with E-state index in [1.54, 1.807) is 29.8 Å². The Morgan fingerprint density at radius 1 is 1.14 bits per heavy atom. The fourth-order valence-electron chi connectivity index (χ4n) is 1.96. The van der Waals surface area contributed by atoms with Crippen LogP contribution in [0.25, 0.3) is 11.3 Å². The third kappa shape index (κ3) is 3.26. The number of methoxy groups -OCH3 is 1. The first kappa shape index (κ1) is 14.5. The molecule has 0 unspecified atom stereocenters. The number of rotatable bonds is 4. The zero-order valence-electron chi connectivity index (χ0n) is 11.6. The molecule has 108 valence electrons. The van der Waals surface area contributed by atoms with Gasteiger partial charge in [0.05, 0.1) is 29.3 Å². The van der Waals surface area contributed by atoms with Crippen molar-refractivity contribution in [2.24, 2.45) is 0 Å². The van der Waals surface area contributed by atoms with Crippen molar-refractivity contribution in [3.63, 3.8) is 0 Å². The average Bonchev–Trinajstić information content (AvgIpc) is 3.08. The minimum Gasteiger partial charge on any atom is -0.495 e. The van der Waals surface area contributed by atoms with Crippen molar-refractivity contribution >= 4 is 34.3 Å². The Balaban J connectivity index is 1.82. The van der Waals surface area contributed by atoms with Crippen molar-refractivity contribution in [3.05, 3.63) is 49.7 Å². The molecule has 0 atom stereocenters. The average molecular weight is 337 g/mol. The molecule has 0 fully saturated rings. The molecule has 3 nitrogen and oxygen atoms in total. The van der Waals surface area contributed by atoms with Crippen LogP contribution in [0.5, 0.6) is 5.75 Å². The number of benzene rings is 1. The Morgan fingerprint density at radius 2 is 1.90 bits per heavy atom. The maximum Gasteiger partial charge on any atom is 0.137 e. The number of hydrogen-bond acceptors (Lipinski definition) is 5. The lowest BCUT2D eigenvalue weighted by molar-refractivity contribution is 0.415. The monoisotopic (exact) mass is 336 g/mol. The maximum atomic E-state index is 6.16. The molecular weight excluding hydrogens is 324 g/mol. The highest BCUT2D eigenvalue weighted by Crippen LogP contribution is 2.31. The molecule has 0 aliphatic rings. The molecule has 0 saturated carbocycles. The molecule has 0 aliphatic heterocycles. The minimum absolute atomic E-state index is 0.597. The molecule has 0 radical (unpaired) electrons. The molecule has 21 heavy (non-hydrogen) atoms. The van der Waals surface area contributed by atoms with Crippen molar-refractivity contribution in [1.29, 1.82) is 0 Å². The first-order chi connectivity index (χ1) is 10.2. The van der Waals surface area contributed by atoms with Crippen molar-refractivity contribution in [2.75, 3.05) is 7.11 Å². The maximum absolute atomic E-state index is 6.16. The van der Waals surface area contributed by atoms with Gasteiger partial charge in [0, 0.05) is 22.0 Å². The van der Waals surface area contributed by atoms with Gasteiger partial charge in [0.25, 0.3) is 0 Å². The van der Waals surface area contributed by atoms with E-state index < -0.39 is 0 Å². The van der Waals surface area contributed by atoms with Crippen molar-refractivity contribution < 1.29 is 4.74 Å². The number of halogens is 1. The molecule has 2 aromatic heterocycles. The summed E-state index contributed by atoms with van der Waals surface area (Å²) in [6, 6.07) is 5.71. The number of hydrogen-bond donors (Lipinski definition) is 0. The summed E-state index contributed by atoms with van der Waals surface area (Å²) in [5, 5.41) is 6.87. The third-order valence-corrected chi connectivity index (χ3v) is 5.08. The predicted molar refractivity (Wildman–Crippen MR) is 88.8 cm³/mol. The smallest absolute Gasteiger partial charge is 0.137 e. The van der Waals surface area contributed by atoms with Gasteiger partial charge in [-0.05, 0) is 25.1 Å². The molecule has 2 heterocycles. The number of nitrogens with zero attached hydrogens (tertiary/aromatic N) is 2. The van der Waals surface area contributed by atoms with E-state index in [2.05, 4.69) is 15.3 Å². The molecule has 3 aromatic rings. The van der Waals surface area contributed by atoms with Crippen molar-refractivity contribution in [3.8, 4) is 17.0 Å². The molecule has 0 aliphatic carbocycles. The highest BCUT2D eigenvalue weighted by Gasteiger charge is 2.09. The Morgan fingerprint density at radius 3 is 2.57 bits per heavy atom.